The van der Waals surface area contributed by atoms with Crippen LogP contribution in [0, 0.1) is 5.82 Å². The summed E-state index contributed by atoms with van der Waals surface area (Å²) in [7, 11) is 0. The molecule has 0 amide bonds. The van der Waals surface area contributed by atoms with Gasteiger partial charge in [-0.15, -0.1) is 0 Å². The minimum Gasteiger partial charge on any atom is -0.487 e. The fourth-order valence-corrected chi connectivity index (χ4v) is 4.30. The Labute approximate surface area is 200 Å². The second-order valence-corrected chi connectivity index (χ2v) is 8.56. The van der Waals surface area contributed by atoms with Crippen molar-refractivity contribution >= 4 is 11.5 Å². The van der Waals surface area contributed by atoms with Gasteiger partial charge in [-0.2, -0.15) is 5.10 Å². The molecule has 2 atom stereocenters. The van der Waals surface area contributed by atoms with Gasteiger partial charge in [-0.1, -0.05) is 0 Å². The minimum atomic E-state index is -2.62. The summed E-state index contributed by atoms with van der Waals surface area (Å²) in [6, 6.07) is 7.13. The Morgan fingerprint density at radius 1 is 1.20 bits per heavy atom. The lowest BCUT2D eigenvalue weighted by Crippen LogP contribution is -2.16. The zero-order valence-electron chi connectivity index (χ0n) is 19.2. The molecule has 0 saturated carbocycles. The van der Waals surface area contributed by atoms with E-state index in [1.54, 1.807) is 29.9 Å². The van der Waals surface area contributed by atoms with E-state index in [1.165, 1.54) is 18.2 Å². The molecule has 0 aliphatic carbocycles. The number of nitrogens with one attached hydrogen (secondary N) is 1. The van der Waals surface area contributed by atoms with Crippen molar-refractivity contribution in [3.05, 3.63) is 66.5 Å². The third-order valence-electron chi connectivity index (χ3n) is 6.05. The van der Waals surface area contributed by atoms with Crippen molar-refractivity contribution in [1.82, 2.24) is 19.2 Å². The molecule has 5 rings (SSSR count). The third-order valence-corrected chi connectivity index (χ3v) is 6.05. The molecule has 35 heavy (non-hydrogen) atoms. The van der Waals surface area contributed by atoms with Crippen LogP contribution in [0.15, 0.2) is 55.1 Å². The molecule has 0 spiro atoms. The first-order chi connectivity index (χ1) is 17.0. The Morgan fingerprint density at radius 2 is 2.09 bits per heavy atom. The van der Waals surface area contributed by atoms with Crippen LogP contribution in [-0.2, 0) is 4.74 Å². The first kappa shape index (κ1) is 23.2. The topological polar surface area (TPSA) is 65.6 Å². The van der Waals surface area contributed by atoms with E-state index in [1.807, 2.05) is 18.5 Å². The van der Waals surface area contributed by atoms with E-state index in [9.17, 15) is 13.2 Å². The number of ether oxygens (including phenoxy) is 2. The van der Waals surface area contributed by atoms with Gasteiger partial charge in [0.05, 0.1) is 12.2 Å². The highest BCUT2D eigenvalue weighted by Crippen LogP contribution is 2.31. The lowest BCUT2D eigenvalue weighted by Gasteiger charge is -2.23. The van der Waals surface area contributed by atoms with E-state index in [4.69, 9.17) is 14.5 Å². The highest BCUT2D eigenvalue weighted by molar-refractivity contribution is 5.77. The summed E-state index contributed by atoms with van der Waals surface area (Å²) < 4.78 is 54.0. The average Bonchev–Trinajstić information content (AvgIpc) is 3.50. The van der Waals surface area contributed by atoms with Crippen LogP contribution in [0.2, 0.25) is 0 Å². The molecule has 1 N–H and O–H groups in total. The number of rotatable bonds is 8. The number of anilines is 1. The largest absolute Gasteiger partial charge is 0.487 e. The molecular formula is C25H26F3N5O2. The molecule has 184 valence electrons. The Hall–Kier alpha value is -3.53. The third kappa shape index (κ3) is 5.12. The number of halogens is 3. The van der Waals surface area contributed by atoms with Crippen LogP contribution in [0.25, 0.3) is 16.8 Å². The molecule has 3 aromatic heterocycles. The van der Waals surface area contributed by atoms with Gasteiger partial charge in [0.15, 0.2) is 5.65 Å². The standard InChI is InChI=1S/C25H26F3N5O2/c1-16(19-12-18(26)5-6-21(19)35-15-22(27)28)30-23-8-10-33-25(31-23)20(13-29-33)17-7-9-32(14-17)24-4-2-3-11-34-24/h5-10,12-14,16,22,24H,2-4,11,15H2,1H3,(H,30,31)/t16-,24?/m1/s1. The van der Waals surface area contributed by atoms with Crippen LogP contribution in [0.1, 0.15) is 44.0 Å². The fraction of sp³-hybridized carbons (Fsp3) is 0.360. The SMILES string of the molecule is C[C@@H](Nc1ccn2ncc(-c3ccn(C4CCCCO4)c3)c2n1)c1cc(F)ccc1OCC(F)F. The van der Waals surface area contributed by atoms with Gasteiger partial charge in [-0.3, -0.25) is 0 Å². The van der Waals surface area contributed by atoms with Gasteiger partial charge in [-0.25, -0.2) is 22.7 Å². The van der Waals surface area contributed by atoms with Crippen LogP contribution in [0.4, 0.5) is 19.0 Å². The quantitative estimate of drug-likeness (QED) is 0.339. The molecule has 0 bridgehead atoms. The number of hydrogen-bond donors (Lipinski definition) is 1. The maximum Gasteiger partial charge on any atom is 0.272 e. The van der Waals surface area contributed by atoms with E-state index in [-0.39, 0.29) is 12.0 Å². The van der Waals surface area contributed by atoms with Crippen LogP contribution in [0.5, 0.6) is 5.75 Å². The summed E-state index contributed by atoms with van der Waals surface area (Å²) in [5.74, 6) is 0.251. The second kappa shape index (κ2) is 9.99. The van der Waals surface area contributed by atoms with Crippen molar-refractivity contribution in [2.24, 2.45) is 0 Å². The Bertz CT molecular complexity index is 1300. The van der Waals surface area contributed by atoms with Gasteiger partial charge in [0.2, 0.25) is 0 Å². The predicted molar refractivity (Wildman–Crippen MR) is 125 cm³/mol. The smallest absolute Gasteiger partial charge is 0.272 e. The van der Waals surface area contributed by atoms with Gasteiger partial charge in [0.25, 0.3) is 6.43 Å². The maximum absolute atomic E-state index is 13.9. The summed E-state index contributed by atoms with van der Waals surface area (Å²) in [5, 5.41) is 7.63. The van der Waals surface area contributed by atoms with Crippen LogP contribution < -0.4 is 10.1 Å². The molecule has 7 nitrogen and oxygen atoms in total. The molecule has 0 radical (unpaired) electrons. The van der Waals surface area contributed by atoms with Crippen LogP contribution in [-0.4, -0.2) is 38.8 Å². The predicted octanol–water partition coefficient (Wildman–Crippen LogP) is 5.85. The van der Waals surface area contributed by atoms with Crippen molar-refractivity contribution in [3.8, 4) is 16.9 Å². The number of nitrogens with zero attached hydrogens (tertiary/aromatic N) is 4. The first-order valence-electron chi connectivity index (χ1n) is 11.6. The summed E-state index contributed by atoms with van der Waals surface area (Å²) in [4.78, 5) is 4.72. The lowest BCUT2D eigenvalue weighted by molar-refractivity contribution is -0.0317. The summed E-state index contributed by atoms with van der Waals surface area (Å²) in [6.07, 6.45) is 8.22. The highest BCUT2D eigenvalue weighted by Gasteiger charge is 2.19. The van der Waals surface area contributed by atoms with Gasteiger partial charge in [0.1, 0.15) is 30.2 Å². The molecule has 1 unspecified atom stereocenters. The lowest BCUT2D eigenvalue weighted by atomic mass is 10.1. The number of hydrogen-bond acceptors (Lipinski definition) is 5. The van der Waals surface area contributed by atoms with Gasteiger partial charge in [-0.05, 0) is 56.5 Å². The van der Waals surface area contributed by atoms with E-state index in [0.29, 0.717) is 17.0 Å². The molecule has 4 heterocycles. The molecular weight excluding hydrogens is 459 g/mol. The number of alkyl halides is 2. The first-order valence-corrected chi connectivity index (χ1v) is 11.6. The van der Waals surface area contributed by atoms with Crippen molar-refractivity contribution < 1.29 is 22.6 Å². The summed E-state index contributed by atoms with van der Waals surface area (Å²) >= 11 is 0. The molecule has 1 aliphatic rings. The number of aromatic nitrogens is 4. The van der Waals surface area contributed by atoms with Crippen LogP contribution in [0.3, 0.4) is 0 Å². The zero-order chi connectivity index (χ0) is 24.4. The number of fused-ring (bicyclic) bond motifs is 1. The Balaban J connectivity index is 1.39. The van der Waals surface area contributed by atoms with E-state index < -0.39 is 24.9 Å². The highest BCUT2D eigenvalue weighted by atomic mass is 19.3. The van der Waals surface area contributed by atoms with Crippen molar-refractivity contribution in [2.75, 3.05) is 18.5 Å². The van der Waals surface area contributed by atoms with Crippen molar-refractivity contribution in [3.63, 3.8) is 0 Å². The second-order valence-electron chi connectivity index (χ2n) is 8.56. The zero-order valence-corrected chi connectivity index (χ0v) is 19.2. The van der Waals surface area contributed by atoms with Crippen molar-refractivity contribution in [2.45, 2.75) is 44.9 Å². The average molecular weight is 486 g/mol. The van der Waals surface area contributed by atoms with Gasteiger partial charge < -0.3 is 19.4 Å². The Kier molecular flexibility index (Phi) is 6.63. The fourth-order valence-electron chi connectivity index (χ4n) is 4.30. The molecule has 4 aromatic rings. The molecule has 1 aliphatic heterocycles. The van der Waals surface area contributed by atoms with Gasteiger partial charge >= 0.3 is 0 Å². The van der Waals surface area contributed by atoms with Gasteiger partial charge in [0, 0.05) is 41.9 Å². The molecule has 1 fully saturated rings. The number of benzene rings is 1. The normalized spacial score (nSPS) is 17.1. The van der Waals surface area contributed by atoms with Crippen LogP contribution >= 0.6 is 0 Å². The molecule has 1 aromatic carbocycles. The summed E-state index contributed by atoms with van der Waals surface area (Å²) in [5.41, 5.74) is 2.91. The van der Waals surface area contributed by atoms with E-state index in [0.717, 1.165) is 37.0 Å². The van der Waals surface area contributed by atoms with E-state index in [2.05, 4.69) is 15.0 Å². The minimum absolute atomic E-state index is 0.0399. The van der Waals surface area contributed by atoms with Crippen molar-refractivity contribution in [1.29, 1.82) is 0 Å². The maximum atomic E-state index is 13.9. The van der Waals surface area contributed by atoms with E-state index >= 15 is 0 Å². The molecule has 1 saturated heterocycles. The summed E-state index contributed by atoms with van der Waals surface area (Å²) in [6.45, 7) is 1.79. The monoisotopic (exact) mass is 485 g/mol. The Morgan fingerprint density at radius 3 is 2.89 bits per heavy atom. The molecule has 10 heteroatoms.